The van der Waals surface area contributed by atoms with Crippen molar-refractivity contribution < 1.29 is 233 Å². The topological polar surface area (TPSA) is 42.6 Å². The second-order valence-electron chi connectivity index (χ2n) is 2.90. The molecule has 0 unspecified atom stereocenters. The van der Waals surface area contributed by atoms with Crippen LogP contribution in [-0.2, 0) is 233 Å². The maximum atomic E-state index is 11.9. The Morgan fingerprint density at radius 1 is 0.833 bits per heavy atom. The quantitative estimate of drug-likeness (QED) is 0.306. The molecule has 0 saturated carbocycles. The average molecular weight is 2200 g/mol. The Balaban J connectivity index is -0.0000000272. The van der Waals surface area contributed by atoms with E-state index in [-0.39, 0.29) is 201 Å². The van der Waals surface area contributed by atoms with Crippen molar-refractivity contribution in [2.75, 3.05) is 0 Å². The van der Waals surface area contributed by atoms with Gasteiger partial charge in [-0.1, -0.05) is 0 Å². The monoisotopic (exact) mass is 2200 g/mol. The third kappa shape index (κ3) is 26.2. The molecule has 0 N–H and O–H groups in total. The molecule has 136 valence electrons. The van der Waals surface area contributed by atoms with Crippen LogP contribution in [0.4, 0.5) is 0 Å². The third-order valence-electron chi connectivity index (χ3n) is 1.62. The van der Waals surface area contributed by atoms with Crippen LogP contribution in [0.3, 0.4) is 0 Å². The fourth-order valence-electron chi connectivity index (χ4n) is 1.01. The van der Waals surface area contributed by atoms with Gasteiger partial charge in [-0.05, 0) is 0 Å². The van der Waals surface area contributed by atoms with Gasteiger partial charge in [0, 0.05) is 190 Å². The van der Waals surface area contributed by atoms with Crippen LogP contribution in [0.25, 0.3) is 5.41 Å². The number of carbonyl (C=O) groups is 1. The first-order chi connectivity index (χ1) is 6.82. The molecule has 0 aromatic carbocycles. The van der Waals surface area contributed by atoms with E-state index in [1.54, 1.807) is 20.8 Å². The standard InChI is InChI=1S/C10H12N2O.11W/c1-5-9(8(4)11)12(7-3)10(13)6-2;;;;;;;;;;;/h1-4H3;;;;;;;;;;;/q-2;;;;;;;;;;;. The van der Waals surface area contributed by atoms with Crippen LogP contribution in [0, 0.1) is 6.08 Å². The number of allylic oxidation sites excluding steroid dienone is 2. The van der Waals surface area contributed by atoms with Crippen molar-refractivity contribution in [1.82, 2.24) is 4.90 Å². The summed E-state index contributed by atoms with van der Waals surface area (Å²) in [4.78, 5) is 13.4. The predicted octanol–water partition coefficient (Wildman–Crippen LogP) is 0.965. The van der Waals surface area contributed by atoms with Crippen molar-refractivity contribution >= 4 is 19.5 Å². The molecule has 24 heavy (non-hydrogen) atoms. The third-order valence-corrected chi connectivity index (χ3v) is 2.91. The molecule has 0 aromatic heterocycles. The van der Waals surface area contributed by atoms with E-state index in [4.69, 9.17) is 0 Å². The van der Waals surface area contributed by atoms with Gasteiger partial charge in [-0.3, -0.25) is 0 Å². The number of nitrogens with zero attached hydrogens (tertiary/aromatic N) is 2. The molecule has 0 aliphatic heterocycles. The number of carbonyl (C=O) groups excluding carboxylic acids is 1. The van der Waals surface area contributed by atoms with E-state index in [0.717, 1.165) is 27.3 Å². The molecule has 0 radical (unpaired) electrons. The molecule has 14 heteroatoms. The largest absolute Gasteiger partial charge is 0 e. The molecular weight excluding hydrogens is 2190 g/mol. The summed E-state index contributed by atoms with van der Waals surface area (Å²) in [5.41, 5.74) is 0.566. The summed E-state index contributed by atoms with van der Waals surface area (Å²) in [7, 11) is 0. The van der Waals surface area contributed by atoms with Crippen LogP contribution in [0.5, 0.6) is 0 Å². The van der Waals surface area contributed by atoms with E-state index in [9.17, 15) is 10.2 Å². The minimum absolute atomic E-state index is 0. The van der Waals surface area contributed by atoms with Gasteiger partial charge in [0.05, 0.1) is 0 Å². The number of hydrogen-bond donors (Lipinski definition) is 0. The van der Waals surface area contributed by atoms with Crippen molar-refractivity contribution in [3.8, 4) is 0 Å². The van der Waals surface area contributed by atoms with E-state index >= 15 is 0 Å². The van der Waals surface area contributed by atoms with Crippen LogP contribution < -0.4 is 0 Å². The molecule has 0 aliphatic rings. The summed E-state index contributed by atoms with van der Waals surface area (Å²) in [6.45, 7) is 6.91. The molecule has 0 atom stereocenters. The summed E-state index contributed by atoms with van der Waals surface area (Å²) < 4.78 is 1.67. The van der Waals surface area contributed by atoms with E-state index in [1.807, 2.05) is 6.92 Å². The van der Waals surface area contributed by atoms with E-state index in [1.165, 1.54) is 24.3 Å². The molecule has 0 spiro atoms. The summed E-state index contributed by atoms with van der Waals surface area (Å²) in [6.07, 6.45) is 2.84. The Morgan fingerprint density at radius 2 is 1.12 bits per heavy atom. The molecular formula is C10H12N2OW11-2. The van der Waals surface area contributed by atoms with Gasteiger partial charge in [-0.25, -0.2) is 0 Å². The minimum Gasteiger partial charge on any atom is 0 e. The first kappa shape index (κ1) is 63.1. The fourth-order valence-corrected chi connectivity index (χ4v) is 1.97. The molecule has 0 bridgehead atoms. The number of rotatable bonds is 4. The number of amides is 1. The molecule has 1 amide bonds. The van der Waals surface area contributed by atoms with Gasteiger partial charge < -0.3 is 0 Å². The Bertz CT molecular complexity index is 374. The van der Waals surface area contributed by atoms with Crippen molar-refractivity contribution in [1.29, 1.82) is 0 Å². The van der Waals surface area contributed by atoms with Crippen LogP contribution in [0.15, 0.2) is 5.70 Å². The van der Waals surface area contributed by atoms with E-state index < -0.39 is 0 Å². The first-order valence-electron chi connectivity index (χ1n) is 4.26. The maximum absolute atomic E-state index is 11.9. The van der Waals surface area contributed by atoms with Gasteiger partial charge in [0.1, 0.15) is 0 Å². The zero-order valence-electron chi connectivity index (χ0n) is 12.8. The second-order valence-corrected chi connectivity index (χ2v) is 7.22. The Morgan fingerprint density at radius 3 is 1.25 bits per heavy atom. The van der Waals surface area contributed by atoms with Gasteiger partial charge in [0.15, 0.2) is 0 Å². The van der Waals surface area contributed by atoms with Gasteiger partial charge in [-0.15, -0.1) is 0 Å². The van der Waals surface area contributed by atoms with Crippen LogP contribution in [0.1, 0.15) is 27.7 Å². The van der Waals surface area contributed by atoms with Gasteiger partial charge in [-0.2, -0.15) is 0 Å². The van der Waals surface area contributed by atoms with Crippen LogP contribution >= 0.6 is 0 Å². The molecule has 0 heterocycles. The van der Waals surface area contributed by atoms with E-state index in [0.29, 0.717) is 5.70 Å². The molecule has 0 fully saturated rings. The normalized spacial score (nSPS) is 6.75. The summed E-state index contributed by atoms with van der Waals surface area (Å²) in [5, 5.41) is 9.48. The SMILES string of the molecule is C[C-]=C(C(C)=[N-])N(C(=O)[C](C)=[W])[C](C)=[W].[W].[W].[W].[W].[W].[W].[W].[W].[W]. The van der Waals surface area contributed by atoms with E-state index in [2.05, 4.69) is 6.08 Å². The minimum atomic E-state index is -0.0600. The van der Waals surface area contributed by atoms with Crippen molar-refractivity contribution in [2.24, 2.45) is 0 Å². The van der Waals surface area contributed by atoms with Crippen LogP contribution in [-0.4, -0.2) is 24.4 Å². The summed E-state index contributed by atoms with van der Waals surface area (Å²) in [5.74, 6) is -0.0600. The summed E-state index contributed by atoms with van der Waals surface area (Å²) >= 11 is 2.34. The zero-order chi connectivity index (χ0) is 12.2. The van der Waals surface area contributed by atoms with Gasteiger partial charge in [0.2, 0.25) is 0 Å². The smallest absolute Gasteiger partial charge is 0 e. The van der Waals surface area contributed by atoms with Crippen molar-refractivity contribution in [2.45, 2.75) is 27.7 Å². The second kappa shape index (κ2) is 36.6. The molecule has 0 rings (SSSR count). The summed E-state index contributed by atoms with van der Waals surface area (Å²) in [6, 6.07) is 0. The predicted molar refractivity (Wildman–Crippen MR) is 54.7 cm³/mol. The van der Waals surface area contributed by atoms with Gasteiger partial charge in [0.25, 0.3) is 0 Å². The molecule has 3 nitrogen and oxygen atoms in total. The Hall–Kier alpha value is 6.19. The van der Waals surface area contributed by atoms with Gasteiger partial charge >= 0.3 is 113 Å². The molecule has 0 saturated heterocycles. The molecule has 0 aliphatic carbocycles. The molecule has 0 aromatic rings. The Labute approximate surface area is 296 Å². The van der Waals surface area contributed by atoms with Crippen molar-refractivity contribution in [3.05, 3.63) is 17.2 Å². The first-order valence-corrected chi connectivity index (χ1v) is 7.19. The van der Waals surface area contributed by atoms with Crippen LogP contribution in [0.2, 0.25) is 0 Å². The maximum Gasteiger partial charge on any atom is 0 e. The average Bonchev–Trinajstić information content (AvgIpc) is 2.11. The Kier molecular flexibility index (Phi) is 96.1. The fraction of sp³-hybridized carbons (Fsp3) is 0.400. The zero-order valence-corrected chi connectivity index (χ0v) is 45.1. The van der Waals surface area contributed by atoms with Crippen molar-refractivity contribution in [3.63, 3.8) is 0 Å². The number of hydrogen-bond acceptors (Lipinski definition) is 1.